The van der Waals surface area contributed by atoms with Crippen LogP contribution in [0.3, 0.4) is 0 Å². The smallest absolute Gasteiger partial charge is 0.209 e. The molecule has 0 radical (unpaired) electrons. The van der Waals surface area contributed by atoms with Crippen molar-refractivity contribution in [3.05, 3.63) is 70.8 Å². The lowest BCUT2D eigenvalue weighted by molar-refractivity contribution is -0.116. The highest BCUT2D eigenvalue weighted by Gasteiger charge is 2.24. The van der Waals surface area contributed by atoms with Gasteiger partial charge in [0.1, 0.15) is 10.8 Å². The van der Waals surface area contributed by atoms with Crippen LogP contribution < -0.4 is 0 Å². The van der Waals surface area contributed by atoms with E-state index in [0.29, 0.717) is 15.7 Å². The first-order chi connectivity index (χ1) is 14.7. The van der Waals surface area contributed by atoms with Gasteiger partial charge in [-0.15, -0.1) is 16.4 Å². The number of benzene rings is 2. The molecule has 0 amide bonds. The van der Waals surface area contributed by atoms with Crippen LogP contribution in [0, 0.1) is 17.1 Å². The lowest BCUT2D eigenvalue weighted by Gasteiger charge is -2.03. The third kappa shape index (κ3) is 4.30. The molecule has 2 heterocycles. The van der Waals surface area contributed by atoms with E-state index in [1.807, 2.05) is 41.8 Å². The Labute approximate surface area is 179 Å². The van der Waals surface area contributed by atoms with E-state index in [0.717, 1.165) is 23.0 Å². The zero-order valence-corrected chi connectivity index (χ0v) is 17.1. The van der Waals surface area contributed by atoms with E-state index < -0.39 is 11.7 Å². The second kappa shape index (κ2) is 8.98. The number of hydrogen-bond donors (Lipinski definition) is 1. The first kappa shape index (κ1) is 19.9. The maximum absolute atomic E-state index is 13.9. The van der Waals surface area contributed by atoms with Crippen LogP contribution in [0.5, 0.6) is 0 Å². The maximum atomic E-state index is 13.9. The van der Waals surface area contributed by atoms with Crippen LogP contribution in [-0.2, 0) is 4.79 Å². The number of rotatable bonds is 7. The Balaban J connectivity index is 1.43. The van der Waals surface area contributed by atoms with Gasteiger partial charge in [0.15, 0.2) is 17.5 Å². The molecule has 0 saturated heterocycles. The quantitative estimate of drug-likeness (QED) is 0.423. The summed E-state index contributed by atoms with van der Waals surface area (Å²) < 4.78 is 13.9. The van der Waals surface area contributed by atoms with E-state index in [1.165, 1.54) is 17.4 Å². The lowest BCUT2D eigenvalue weighted by atomic mass is 10.1. The number of nitrogens with zero attached hydrogens (tertiary/aromatic N) is 4. The van der Waals surface area contributed by atoms with Gasteiger partial charge in [-0.05, 0) is 12.1 Å². The summed E-state index contributed by atoms with van der Waals surface area (Å²) in [5.74, 6) is -1.36. The standard InChI is InChI=1S/C21H14FN5OS2/c22-16-9-5-4-8-14(16)19-25-21(27-26-19)30-12-18(28)15(10-23)20-24-17(11-29-20)13-6-2-1-3-7-13/h1-9,11,15H,12H2,(H,25,26,27). The van der Waals surface area contributed by atoms with Crippen molar-refractivity contribution in [1.82, 2.24) is 20.2 Å². The topological polar surface area (TPSA) is 95.3 Å². The van der Waals surface area contributed by atoms with Crippen LogP contribution >= 0.6 is 23.1 Å². The van der Waals surface area contributed by atoms with E-state index >= 15 is 0 Å². The third-order valence-electron chi connectivity index (χ3n) is 4.23. The van der Waals surface area contributed by atoms with E-state index in [2.05, 4.69) is 20.2 Å². The molecule has 30 heavy (non-hydrogen) atoms. The highest BCUT2D eigenvalue weighted by atomic mass is 32.2. The fraction of sp³-hybridized carbons (Fsp3) is 0.0952. The molecule has 0 aliphatic heterocycles. The van der Waals surface area contributed by atoms with Crippen LogP contribution in [0.1, 0.15) is 10.9 Å². The maximum Gasteiger partial charge on any atom is 0.209 e. The molecule has 4 aromatic rings. The van der Waals surface area contributed by atoms with Gasteiger partial charge in [-0.25, -0.2) is 14.4 Å². The summed E-state index contributed by atoms with van der Waals surface area (Å²) in [6.07, 6.45) is 0. The number of H-pyrrole nitrogens is 1. The molecule has 4 rings (SSSR count). The Morgan fingerprint density at radius 3 is 2.70 bits per heavy atom. The van der Waals surface area contributed by atoms with E-state index in [-0.39, 0.29) is 17.4 Å². The Bertz CT molecular complexity index is 1220. The molecule has 0 fully saturated rings. The van der Waals surface area contributed by atoms with E-state index in [9.17, 15) is 14.4 Å². The van der Waals surface area contributed by atoms with Crippen LogP contribution in [0.15, 0.2) is 65.1 Å². The van der Waals surface area contributed by atoms with Crippen molar-refractivity contribution in [3.63, 3.8) is 0 Å². The molecule has 6 nitrogen and oxygen atoms in total. The molecular weight excluding hydrogens is 421 g/mol. The highest BCUT2D eigenvalue weighted by Crippen LogP contribution is 2.28. The summed E-state index contributed by atoms with van der Waals surface area (Å²) in [4.78, 5) is 21.3. The van der Waals surface area contributed by atoms with Crippen LogP contribution in [-0.4, -0.2) is 31.7 Å². The number of carbonyl (C=O) groups is 1. The van der Waals surface area contributed by atoms with Crippen molar-refractivity contribution in [3.8, 4) is 28.7 Å². The van der Waals surface area contributed by atoms with Crippen LogP contribution in [0.2, 0.25) is 0 Å². The zero-order valence-electron chi connectivity index (χ0n) is 15.4. The predicted octanol–water partition coefficient (Wildman–Crippen LogP) is 4.70. The summed E-state index contributed by atoms with van der Waals surface area (Å²) in [5.41, 5.74) is 1.97. The first-order valence-electron chi connectivity index (χ1n) is 8.89. The van der Waals surface area contributed by atoms with E-state index in [4.69, 9.17) is 0 Å². The Morgan fingerprint density at radius 2 is 1.93 bits per heavy atom. The molecule has 1 N–H and O–H groups in total. The van der Waals surface area contributed by atoms with E-state index in [1.54, 1.807) is 18.2 Å². The number of thiazole rings is 1. The number of hydrogen-bond acceptors (Lipinski definition) is 7. The number of thioether (sulfide) groups is 1. The molecule has 0 aliphatic rings. The van der Waals surface area contributed by atoms with Crippen LogP contribution in [0.25, 0.3) is 22.6 Å². The number of ketones is 1. The summed E-state index contributed by atoms with van der Waals surface area (Å²) in [7, 11) is 0. The van der Waals surface area contributed by atoms with Gasteiger partial charge in [0.2, 0.25) is 5.16 Å². The zero-order chi connectivity index (χ0) is 20.9. The van der Waals surface area contributed by atoms with Gasteiger partial charge in [0.05, 0.1) is 23.1 Å². The van der Waals surface area contributed by atoms with Gasteiger partial charge in [0, 0.05) is 10.9 Å². The molecule has 1 atom stereocenters. The highest BCUT2D eigenvalue weighted by molar-refractivity contribution is 7.99. The van der Waals surface area contributed by atoms with Crippen molar-refractivity contribution in [2.45, 2.75) is 11.1 Å². The molecule has 2 aromatic carbocycles. The third-order valence-corrected chi connectivity index (χ3v) is 6.01. The largest absolute Gasteiger partial charge is 0.297 e. The van der Waals surface area contributed by atoms with Crippen molar-refractivity contribution in [1.29, 1.82) is 5.26 Å². The average Bonchev–Trinajstić information content (AvgIpc) is 3.44. The van der Waals surface area contributed by atoms with Crippen LogP contribution in [0.4, 0.5) is 4.39 Å². The Kier molecular flexibility index (Phi) is 5.97. The van der Waals surface area contributed by atoms with Gasteiger partial charge < -0.3 is 0 Å². The summed E-state index contributed by atoms with van der Waals surface area (Å²) in [6, 6.07) is 17.8. The summed E-state index contributed by atoms with van der Waals surface area (Å²) >= 11 is 2.38. The monoisotopic (exact) mass is 435 g/mol. The van der Waals surface area contributed by atoms with Gasteiger partial charge in [0.25, 0.3) is 0 Å². The molecule has 0 saturated carbocycles. The van der Waals surface area contributed by atoms with Crippen molar-refractivity contribution < 1.29 is 9.18 Å². The normalized spacial score (nSPS) is 11.7. The number of halogens is 1. The summed E-state index contributed by atoms with van der Waals surface area (Å²) in [6.45, 7) is 0. The molecule has 2 aromatic heterocycles. The van der Waals surface area contributed by atoms with Gasteiger partial charge >= 0.3 is 0 Å². The number of aromatic nitrogens is 4. The number of aromatic amines is 1. The predicted molar refractivity (Wildman–Crippen MR) is 113 cm³/mol. The van der Waals surface area contributed by atoms with Gasteiger partial charge in [-0.3, -0.25) is 9.89 Å². The fourth-order valence-electron chi connectivity index (χ4n) is 2.73. The number of Topliss-reactive ketones (excluding diaryl/α,β-unsaturated/α-hetero) is 1. The Hall–Kier alpha value is -3.35. The molecule has 1 unspecified atom stereocenters. The van der Waals surface area contributed by atoms with Crippen molar-refractivity contribution in [2.24, 2.45) is 0 Å². The SMILES string of the molecule is N#CC(C(=O)CSc1n[nH]c(-c2ccccc2F)n1)c1nc(-c2ccccc2)cs1. The second-order valence-corrected chi connectivity index (χ2v) is 8.03. The lowest BCUT2D eigenvalue weighted by Crippen LogP contribution is -2.13. The molecule has 9 heteroatoms. The minimum absolute atomic E-state index is 0.00699. The number of nitriles is 1. The molecule has 0 aliphatic carbocycles. The van der Waals surface area contributed by atoms with Gasteiger partial charge in [-0.1, -0.05) is 54.2 Å². The molecule has 0 spiro atoms. The van der Waals surface area contributed by atoms with Gasteiger partial charge in [-0.2, -0.15) is 5.26 Å². The minimum Gasteiger partial charge on any atom is -0.297 e. The van der Waals surface area contributed by atoms with Crippen molar-refractivity contribution >= 4 is 28.9 Å². The number of carbonyl (C=O) groups excluding carboxylic acids is 1. The summed E-state index contributed by atoms with van der Waals surface area (Å²) in [5, 5.41) is 18.8. The average molecular weight is 436 g/mol. The second-order valence-electron chi connectivity index (χ2n) is 6.20. The fourth-order valence-corrected chi connectivity index (χ4v) is 4.33. The van der Waals surface area contributed by atoms with Crippen molar-refractivity contribution in [2.75, 3.05) is 5.75 Å². The first-order valence-corrected chi connectivity index (χ1v) is 10.8. The molecular formula is C21H14FN5OS2. The minimum atomic E-state index is -0.954. The Morgan fingerprint density at radius 1 is 1.17 bits per heavy atom. The molecule has 148 valence electrons. The molecule has 0 bridgehead atoms. The number of nitrogens with one attached hydrogen (secondary N) is 1.